The number of carbonyl (C=O) groups excluding carboxylic acids is 1. The van der Waals surface area contributed by atoms with Gasteiger partial charge in [0, 0.05) is 30.4 Å². The summed E-state index contributed by atoms with van der Waals surface area (Å²) in [6, 6.07) is 20.8. The van der Waals surface area contributed by atoms with Gasteiger partial charge in [0.05, 0.1) is 0 Å². The van der Waals surface area contributed by atoms with Gasteiger partial charge in [-0.25, -0.2) is 4.79 Å². The van der Waals surface area contributed by atoms with E-state index in [2.05, 4.69) is 66.5 Å². The van der Waals surface area contributed by atoms with Gasteiger partial charge in [0.2, 0.25) is 0 Å². The minimum Gasteiger partial charge on any atom is -0.441 e. The van der Waals surface area contributed by atoms with E-state index in [1.807, 2.05) is 25.1 Å². The van der Waals surface area contributed by atoms with Crippen LogP contribution in [-0.4, -0.2) is 19.2 Å². The summed E-state index contributed by atoms with van der Waals surface area (Å²) in [5, 5.41) is 5.32. The molecule has 4 nitrogen and oxygen atoms in total. The maximum atomic E-state index is 12.7. The Morgan fingerprint density at radius 1 is 1.03 bits per heavy atom. The smallest absolute Gasteiger partial charge is 0.412 e. The van der Waals surface area contributed by atoms with Gasteiger partial charge >= 0.3 is 6.09 Å². The first-order valence-corrected chi connectivity index (χ1v) is 10.9. The van der Waals surface area contributed by atoms with E-state index in [1.54, 1.807) is 0 Å². The zero-order valence-corrected chi connectivity index (χ0v) is 18.0. The van der Waals surface area contributed by atoms with Gasteiger partial charge in [-0.05, 0) is 79.8 Å². The second-order valence-electron chi connectivity index (χ2n) is 8.07. The summed E-state index contributed by atoms with van der Waals surface area (Å²) in [6.45, 7) is 8.23. The molecule has 1 fully saturated rings. The monoisotopic (exact) mass is 402 g/mol. The van der Waals surface area contributed by atoms with Crippen molar-refractivity contribution in [1.29, 1.82) is 0 Å². The Bertz CT molecular complexity index is 1040. The number of fused-ring (bicyclic) bond motifs is 1. The lowest BCUT2D eigenvalue weighted by Gasteiger charge is -2.23. The number of aryl methyl sites for hydroxylation is 1. The van der Waals surface area contributed by atoms with E-state index in [1.165, 1.54) is 16.5 Å². The predicted molar refractivity (Wildman–Crippen MR) is 124 cm³/mol. The quantitative estimate of drug-likeness (QED) is 0.478. The molecule has 3 aromatic rings. The normalized spacial score (nSPS) is 14.4. The first-order valence-electron chi connectivity index (χ1n) is 10.9. The van der Waals surface area contributed by atoms with Crippen LogP contribution in [0.15, 0.2) is 60.7 Å². The molecule has 3 aromatic carbocycles. The lowest BCUT2D eigenvalue weighted by atomic mass is 10.0. The van der Waals surface area contributed by atoms with Crippen LogP contribution in [0.4, 0.5) is 16.2 Å². The van der Waals surface area contributed by atoms with E-state index in [9.17, 15) is 4.79 Å². The van der Waals surface area contributed by atoms with E-state index >= 15 is 0 Å². The molecule has 0 spiro atoms. The van der Waals surface area contributed by atoms with Crippen molar-refractivity contribution in [2.45, 2.75) is 39.7 Å². The van der Waals surface area contributed by atoms with Gasteiger partial charge in [-0.3, -0.25) is 5.32 Å². The largest absolute Gasteiger partial charge is 0.441 e. The molecule has 0 bridgehead atoms. The molecule has 1 aliphatic carbocycles. The van der Waals surface area contributed by atoms with Crippen molar-refractivity contribution in [2.75, 3.05) is 23.3 Å². The average molecular weight is 403 g/mol. The molecule has 1 unspecified atom stereocenters. The van der Waals surface area contributed by atoms with Gasteiger partial charge in [-0.15, -0.1) is 0 Å². The number of anilines is 2. The predicted octanol–water partition coefficient (Wildman–Crippen LogP) is 6.69. The Labute approximate surface area is 178 Å². The van der Waals surface area contributed by atoms with Crippen molar-refractivity contribution in [1.82, 2.24) is 0 Å². The Morgan fingerprint density at radius 2 is 1.77 bits per heavy atom. The van der Waals surface area contributed by atoms with E-state index in [-0.39, 0.29) is 6.10 Å². The molecule has 156 valence electrons. The fourth-order valence-corrected chi connectivity index (χ4v) is 4.05. The molecule has 0 aliphatic heterocycles. The maximum Gasteiger partial charge on any atom is 0.412 e. The van der Waals surface area contributed by atoms with Gasteiger partial charge in [-0.2, -0.15) is 0 Å². The van der Waals surface area contributed by atoms with Crippen LogP contribution >= 0.6 is 0 Å². The number of rotatable bonds is 7. The van der Waals surface area contributed by atoms with Crippen molar-refractivity contribution in [3.05, 3.63) is 71.8 Å². The van der Waals surface area contributed by atoms with Crippen LogP contribution in [-0.2, 0) is 4.74 Å². The molecule has 1 atom stereocenters. The molecule has 4 heteroatoms. The highest BCUT2D eigenvalue weighted by atomic mass is 16.6. The van der Waals surface area contributed by atoms with Crippen molar-refractivity contribution < 1.29 is 9.53 Å². The summed E-state index contributed by atoms with van der Waals surface area (Å²) >= 11 is 0. The van der Waals surface area contributed by atoms with Gasteiger partial charge in [0.15, 0.2) is 0 Å². The van der Waals surface area contributed by atoms with Crippen LogP contribution in [0.1, 0.15) is 43.9 Å². The molecule has 0 heterocycles. The molecule has 1 saturated carbocycles. The lowest BCUT2D eigenvalue weighted by Crippen LogP contribution is -2.22. The fourth-order valence-electron chi connectivity index (χ4n) is 4.05. The minimum atomic E-state index is -0.390. The van der Waals surface area contributed by atoms with Crippen molar-refractivity contribution in [3.8, 4) is 0 Å². The third kappa shape index (κ3) is 4.43. The SMILES string of the molecule is CCN(CC)c1ccc(NC(=O)OC(c2ccc3ccccc3c2)C2CC2)c(C)c1. The number of amides is 1. The summed E-state index contributed by atoms with van der Waals surface area (Å²) in [5.74, 6) is 0.406. The zero-order valence-electron chi connectivity index (χ0n) is 18.0. The number of nitrogens with one attached hydrogen (secondary N) is 1. The first kappa shape index (κ1) is 20.3. The zero-order chi connectivity index (χ0) is 21.1. The van der Waals surface area contributed by atoms with E-state index in [0.29, 0.717) is 5.92 Å². The van der Waals surface area contributed by atoms with Crippen LogP contribution < -0.4 is 10.2 Å². The minimum absolute atomic E-state index is 0.204. The van der Waals surface area contributed by atoms with Crippen molar-refractivity contribution >= 4 is 28.2 Å². The fraction of sp³-hybridized carbons (Fsp3) is 0.346. The van der Waals surface area contributed by atoms with Crippen molar-refractivity contribution in [2.24, 2.45) is 5.92 Å². The van der Waals surface area contributed by atoms with Crippen molar-refractivity contribution in [3.63, 3.8) is 0 Å². The highest BCUT2D eigenvalue weighted by molar-refractivity contribution is 5.87. The summed E-state index contributed by atoms with van der Waals surface area (Å²) in [5.41, 5.74) is 4.07. The second kappa shape index (κ2) is 8.78. The highest BCUT2D eigenvalue weighted by Gasteiger charge is 2.35. The van der Waals surface area contributed by atoms with E-state index in [4.69, 9.17) is 4.74 Å². The second-order valence-corrected chi connectivity index (χ2v) is 8.07. The third-order valence-electron chi connectivity index (χ3n) is 5.96. The van der Waals surface area contributed by atoms with E-state index < -0.39 is 6.09 Å². The Kier molecular flexibility index (Phi) is 5.93. The number of benzene rings is 3. The standard InChI is InChI=1S/C26H30N2O2/c1-4-28(5-2)23-14-15-24(18(3)16-23)27-26(29)30-25(20-11-12-20)22-13-10-19-8-6-7-9-21(19)17-22/h6-10,13-17,20,25H,4-5,11-12H2,1-3H3,(H,27,29). The van der Waals surface area contributed by atoms with Crippen LogP contribution in [0.3, 0.4) is 0 Å². The maximum absolute atomic E-state index is 12.7. The number of hydrogen-bond acceptors (Lipinski definition) is 3. The molecule has 4 rings (SSSR count). The summed E-state index contributed by atoms with van der Waals surface area (Å²) in [7, 11) is 0. The topological polar surface area (TPSA) is 41.6 Å². The molecule has 0 aromatic heterocycles. The number of nitrogens with zero attached hydrogens (tertiary/aromatic N) is 1. The summed E-state index contributed by atoms with van der Waals surface area (Å²) in [4.78, 5) is 15.0. The summed E-state index contributed by atoms with van der Waals surface area (Å²) < 4.78 is 5.93. The number of ether oxygens (including phenoxy) is 1. The molecule has 30 heavy (non-hydrogen) atoms. The third-order valence-corrected chi connectivity index (χ3v) is 5.96. The Hall–Kier alpha value is -3.01. The van der Waals surface area contributed by atoms with Crippen LogP contribution in [0.25, 0.3) is 10.8 Å². The lowest BCUT2D eigenvalue weighted by molar-refractivity contribution is 0.0976. The van der Waals surface area contributed by atoms with Crippen LogP contribution in [0.5, 0.6) is 0 Å². The Balaban J connectivity index is 1.48. The summed E-state index contributed by atoms with van der Waals surface area (Å²) in [6.07, 6.45) is 1.61. The molecule has 0 radical (unpaired) electrons. The van der Waals surface area contributed by atoms with Crippen LogP contribution in [0, 0.1) is 12.8 Å². The highest BCUT2D eigenvalue weighted by Crippen LogP contribution is 2.44. The molecule has 1 amide bonds. The average Bonchev–Trinajstić information content (AvgIpc) is 3.60. The number of carbonyl (C=O) groups is 1. The number of hydrogen-bond donors (Lipinski definition) is 1. The molecule has 0 saturated heterocycles. The van der Waals surface area contributed by atoms with Gasteiger partial charge < -0.3 is 9.64 Å². The molecule has 1 N–H and O–H groups in total. The molecular formula is C26H30N2O2. The van der Waals surface area contributed by atoms with Gasteiger partial charge in [-0.1, -0.05) is 36.4 Å². The molecule has 1 aliphatic rings. The molecular weight excluding hydrogens is 372 g/mol. The van der Waals surface area contributed by atoms with Gasteiger partial charge in [0.1, 0.15) is 6.10 Å². The van der Waals surface area contributed by atoms with Gasteiger partial charge in [0.25, 0.3) is 0 Å². The van der Waals surface area contributed by atoms with Crippen LogP contribution in [0.2, 0.25) is 0 Å². The first-order chi connectivity index (χ1) is 14.6. The Morgan fingerprint density at radius 3 is 2.43 bits per heavy atom. The van der Waals surface area contributed by atoms with E-state index in [0.717, 1.165) is 42.7 Å².